The molecule has 27 heavy (non-hydrogen) atoms. The molecule has 1 atom stereocenters. The molecular weight excluding hydrogens is 449 g/mol. The zero-order valence-corrected chi connectivity index (χ0v) is 16.0. The Morgan fingerprint density at radius 1 is 1.19 bits per heavy atom. The molecule has 0 bridgehead atoms. The summed E-state index contributed by atoms with van der Waals surface area (Å²) < 4.78 is 39.7. The molecule has 1 saturated heterocycles. The fourth-order valence-corrected chi connectivity index (χ4v) is 3.31. The van der Waals surface area contributed by atoms with E-state index in [2.05, 4.69) is 21.2 Å². The number of hydrogen-bond donors (Lipinski definition) is 1. The van der Waals surface area contributed by atoms with Crippen LogP contribution in [0.3, 0.4) is 0 Å². The summed E-state index contributed by atoms with van der Waals surface area (Å²) in [6, 6.07) is 10.2. The summed E-state index contributed by atoms with van der Waals surface area (Å²) in [5, 5.41) is 1.99. The molecular formula is C18H13BrClF3N2O2. The number of amides is 2. The van der Waals surface area contributed by atoms with E-state index in [0.717, 1.165) is 16.6 Å². The molecule has 0 saturated carbocycles. The van der Waals surface area contributed by atoms with Gasteiger partial charge in [0, 0.05) is 28.8 Å². The fraction of sp³-hybridized carbons (Fsp3) is 0.222. The molecule has 3 rings (SSSR count). The maximum absolute atomic E-state index is 12.9. The molecule has 1 N–H and O–H groups in total. The van der Waals surface area contributed by atoms with Crippen LogP contribution in [0.1, 0.15) is 12.0 Å². The summed E-state index contributed by atoms with van der Waals surface area (Å²) in [5.74, 6) is -1.39. The second-order valence-electron chi connectivity index (χ2n) is 6.06. The van der Waals surface area contributed by atoms with Crippen molar-refractivity contribution in [3.05, 3.63) is 57.5 Å². The lowest BCUT2D eigenvalue weighted by Gasteiger charge is -2.17. The number of hydrogen-bond acceptors (Lipinski definition) is 2. The SMILES string of the molecule is O=C(Nc1ccc(Cl)c(C(F)(F)F)c1)[C@@H]1CC(=O)N(c2ccc(Br)cc2)C1. The minimum atomic E-state index is -4.63. The Labute approximate surface area is 166 Å². The largest absolute Gasteiger partial charge is 0.417 e. The maximum Gasteiger partial charge on any atom is 0.417 e. The van der Waals surface area contributed by atoms with Gasteiger partial charge in [0.05, 0.1) is 16.5 Å². The number of benzene rings is 2. The van der Waals surface area contributed by atoms with Gasteiger partial charge in [0.1, 0.15) is 0 Å². The van der Waals surface area contributed by atoms with E-state index in [1.165, 1.54) is 11.0 Å². The van der Waals surface area contributed by atoms with Crippen LogP contribution in [-0.2, 0) is 15.8 Å². The molecule has 0 spiro atoms. The molecule has 2 amide bonds. The number of anilines is 2. The molecule has 142 valence electrons. The number of carbonyl (C=O) groups is 2. The van der Waals surface area contributed by atoms with E-state index in [4.69, 9.17) is 11.6 Å². The average molecular weight is 462 g/mol. The Morgan fingerprint density at radius 2 is 1.85 bits per heavy atom. The van der Waals surface area contributed by atoms with Gasteiger partial charge in [0.15, 0.2) is 0 Å². The van der Waals surface area contributed by atoms with Crippen LogP contribution in [0, 0.1) is 5.92 Å². The Kier molecular flexibility index (Phi) is 5.48. The van der Waals surface area contributed by atoms with Crippen LogP contribution >= 0.6 is 27.5 Å². The lowest BCUT2D eigenvalue weighted by Crippen LogP contribution is -2.28. The number of nitrogens with one attached hydrogen (secondary N) is 1. The van der Waals surface area contributed by atoms with E-state index in [-0.39, 0.29) is 24.6 Å². The van der Waals surface area contributed by atoms with E-state index in [9.17, 15) is 22.8 Å². The molecule has 1 aliphatic rings. The van der Waals surface area contributed by atoms with Gasteiger partial charge in [-0.05, 0) is 42.5 Å². The van der Waals surface area contributed by atoms with Gasteiger partial charge in [-0.1, -0.05) is 27.5 Å². The van der Waals surface area contributed by atoms with Crippen molar-refractivity contribution in [3.63, 3.8) is 0 Å². The number of rotatable bonds is 3. The van der Waals surface area contributed by atoms with Gasteiger partial charge in [-0.3, -0.25) is 9.59 Å². The van der Waals surface area contributed by atoms with Crippen molar-refractivity contribution in [2.24, 2.45) is 5.92 Å². The van der Waals surface area contributed by atoms with Crippen LogP contribution in [0.5, 0.6) is 0 Å². The third-order valence-electron chi connectivity index (χ3n) is 4.17. The van der Waals surface area contributed by atoms with Gasteiger partial charge in [-0.15, -0.1) is 0 Å². The molecule has 2 aromatic carbocycles. The van der Waals surface area contributed by atoms with Gasteiger partial charge in [0.25, 0.3) is 0 Å². The smallest absolute Gasteiger partial charge is 0.326 e. The third-order valence-corrected chi connectivity index (χ3v) is 5.03. The normalized spacial score (nSPS) is 17.3. The summed E-state index contributed by atoms with van der Waals surface area (Å²) >= 11 is 8.88. The summed E-state index contributed by atoms with van der Waals surface area (Å²) in [5.41, 5.74) is -0.392. The molecule has 0 aromatic heterocycles. The van der Waals surface area contributed by atoms with Gasteiger partial charge < -0.3 is 10.2 Å². The van der Waals surface area contributed by atoms with Gasteiger partial charge in [0.2, 0.25) is 11.8 Å². The molecule has 1 fully saturated rings. The summed E-state index contributed by atoms with van der Waals surface area (Å²) in [7, 11) is 0. The first-order valence-corrected chi connectivity index (χ1v) is 9.06. The highest BCUT2D eigenvalue weighted by Gasteiger charge is 2.36. The van der Waals surface area contributed by atoms with Crippen molar-refractivity contribution in [1.82, 2.24) is 0 Å². The molecule has 9 heteroatoms. The predicted octanol–water partition coefficient (Wildman–Crippen LogP) is 5.11. The van der Waals surface area contributed by atoms with Crippen LogP contribution < -0.4 is 10.2 Å². The van der Waals surface area contributed by atoms with Crippen LogP contribution in [-0.4, -0.2) is 18.4 Å². The fourth-order valence-electron chi connectivity index (χ4n) is 2.82. The van der Waals surface area contributed by atoms with Crippen molar-refractivity contribution >= 4 is 50.7 Å². The second-order valence-corrected chi connectivity index (χ2v) is 7.39. The number of alkyl halides is 3. The van der Waals surface area contributed by atoms with E-state index in [1.54, 1.807) is 24.3 Å². The molecule has 0 aliphatic carbocycles. The standard InChI is InChI=1S/C18H13BrClF3N2O2/c19-11-1-4-13(5-2-11)25-9-10(7-16(25)26)17(27)24-12-3-6-15(20)14(8-12)18(21,22)23/h1-6,8,10H,7,9H2,(H,24,27)/t10-/m1/s1. The van der Waals surface area contributed by atoms with E-state index in [1.807, 2.05) is 0 Å². The molecule has 0 radical (unpaired) electrons. The van der Waals surface area contributed by atoms with Crippen molar-refractivity contribution in [2.45, 2.75) is 12.6 Å². The van der Waals surface area contributed by atoms with Crippen LogP contribution in [0.25, 0.3) is 0 Å². The first-order chi connectivity index (χ1) is 12.6. The van der Waals surface area contributed by atoms with Gasteiger partial charge in [-0.25, -0.2) is 0 Å². The highest BCUT2D eigenvalue weighted by molar-refractivity contribution is 9.10. The van der Waals surface area contributed by atoms with Crippen molar-refractivity contribution in [3.8, 4) is 0 Å². The monoisotopic (exact) mass is 460 g/mol. The van der Waals surface area contributed by atoms with Crippen molar-refractivity contribution < 1.29 is 22.8 Å². The molecule has 1 heterocycles. The van der Waals surface area contributed by atoms with Crippen LogP contribution in [0.2, 0.25) is 5.02 Å². The summed E-state index contributed by atoms with van der Waals surface area (Å²) in [4.78, 5) is 26.1. The minimum Gasteiger partial charge on any atom is -0.326 e. The Morgan fingerprint density at radius 3 is 2.48 bits per heavy atom. The van der Waals surface area contributed by atoms with Crippen molar-refractivity contribution in [1.29, 1.82) is 0 Å². The van der Waals surface area contributed by atoms with E-state index < -0.39 is 28.6 Å². The number of halogens is 5. The quantitative estimate of drug-likeness (QED) is 0.690. The highest BCUT2D eigenvalue weighted by atomic mass is 79.9. The topological polar surface area (TPSA) is 49.4 Å². The first kappa shape index (κ1) is 19.7. The lowest BCUT2D eigenvalue weighted by atomic mass is 10.1. The number of carbonyl (C=O) groups excluding carboxylic acids is 2. The van der Waals surface area contributed by atoms with Crippen molar-refractivity contribution in [2.75, 3.05) is 16.8 Å². The Hall–Kier alpha value is -2.06. The van der Waals surface area contributed by atoms with Crippen LogP contribution in [0.15, 0.2) is 46.9 Å². The highest BCUT2D eigenvalue weighted by Crippen LogP contribution is 2.36. The Bertz CT molecular complexity index is 887. The average Bonchev–Trinajstić information content (AvgIpc) is 2.98. The summed E-state index contributed by atoms with van der Waals surface area (Å²) in [6.45, 7) is 0.159. The van der Waals surface area contributed by atoms with Gasteiger partial charge >= 0.3 is 6.18 Å². The lowest BCUT2D eigenvalue weighted by molar-refractivity contribution is -0.137. The van der Waals surface area contributed by atoms with Crippen LogP contribution in [0.4, 0.5) is 24.5 Å². The van der Waals surface area contributed by atoms with Gasteiger partial charge in [-0.2, -0.15) is 13.2 Å². The number of nitrogens with zero attached hydrogens (tertiary/aromatic N) is 1. The zero-order valence-electron chi connectivity index (χ0n) is 13.7. The second kappa shape index (κ2) is 7.52. The zero-order chi connectivity index (χ0) is 19.8. The summed E-state index contributed by atoms with van der Waals surface area (Å²) in [6.07, 6.45) is -4.64. The third kappa shape index (κ3) is 4.44. The first-order valence-electron chi connectivity index (χ1n) is 7.88. The molecule has 1 aliphatic heterocycles. The minimum absolute atomic E-state index is 0.0123. The molecule has 0 unspecified atom stereocenters. The maximum atomic E-state index is 12.9. The molecule has 4 nitrogen and oxygen atoms in total. The predicted molar refractivity (Wildman–Crippen MR) is 99.7 cm³/mol. The Balaban J connectivity index is 1.72. The van der Waals surface area contributed by atoms with E-state index in [0.29, 0.717) is 5.69 Å². The van der Waals surface area contributed by atoms with E-state index >= 15 is 0 Å². The molecule has 2 aromatic rings.